The maximum atomic E-state index is 11.6. The molecule has 80 valence electrons. The second-order valence-corrected chi connectivity index (χ2v) is 4.47. The molecule has 1 aliphatic rings. The number of nitrogens with one attached hydrogen (secondary N) is 1. The molecule has 1 aromatic rings. The summed E-state index contributed by atoms with van der Waals surface area (Å²) in [5.74, 6) is -0.0389. The van der Waals surface area contributed by atoms with Crippen LogP contribution in [0.3, 0.4) is 0 Å². The predicted octanol–water partition coefficient (Wildman–Crippen LogP) is 2.12. The van der Waals surface area contributed by atoms with Crippen molar-refractivity contribution in [2.45, 2.75) is 30.7 Å². The van der Waals surface area contributed by atoms with Crippen LogP contribution in [-0.2, 0) is 11.2 Å². The Morgan fingerprint density at radius 1 is 1.40 bits per heavy atom. The number of rotatable bonds is 4. The molecular weight excluding hydrogens is 210 g/mol. The molecule has 0 aliphatic heterocycles. The molecule has 0 spiro atoms. The molecule has 1 N–H and O–H groups in total. The van der Waals surface area contributed by atoms with E-state index in [4.69, 9.17) is 11.6 Å². The van der Waals surface area contributed by atoms with Gasteiger partial charge >= 0.3 is 0 Å². The summed E-state index contributed by atoms with van der Waals surface area (Å²) < 4.78 is 0. The first-order valence-corrected chi connectivity index (χ1v) is 5.68. The Labute approximate surface area is 94.6 Å². The highest BCUT2D eigenvalue weighted by Crippen LogP contribution is 2.19. The number of halogens is 1. The van der Waals surface area contributed by atoms with Gasteiger partial charge in [-0.3, -0.25) is 4.79 Å². The van der Waals surface area contributed by atoms with Gasteiger partial charge in [0.15, 0.2) is 0 Å². The lowest BCUT2D eigenvalue weighted by molar-refractivity contribution is -0.120. The molecule has 1 aliphatic carbocycles. The van der Waals surface area contributed by atoms with Crippen LogP contribution in [0.15, 0.2) is 30.3 Å². The zero-order valence-corrected chi connectivity index (χ0v) is 9.20. The molecule has 1 aromatic carbocycles. The van der Waals surface area contributed by atoms with E-state index in [-0.39, 0.29) is 5.91 Å². The molecule has 1 atom stereocenters. The van der Waals surface area contributed by atoms with E-state index < -0.39 is 5.38 Å². The standard InChI is InChI=1S/C12H14ClNO/c13-11(12(15)14-10-6-7-10)8-9-4-2-1-3-5-9/h1-5,10-11H,6-8H2,(H,14,15). The molecule has 15 heavy (non-hydrogen) atoms. The average Bonchev–Trinajstić information content (AvgIpc) is 3.03. The molecule has 0 bridgehead atoms. The largest absolute Gasteiger partial charge is 0.352 e. The Balaban J connectivity index is 1.85. The van der Waals surface area contributed by atoms with Crippen molar-refractivity contribution in [1.82, 2.24) is 5.32 Å². The van der Waals surface area contributed by atoms with Crippen molar-refractivity contribution in [2.24, 2.45) is 0 Å². The summed E-state index contributed by atoms with van der Waals surface area (Å²) in [6.07, 6.45) is 2.79. The van der Waals surface area contributed by atoms with E-state index in [1.54, 1.807) is 0 Å². The highest BCUT2D eigenvalue weighted by Gasteiger charge is 2.26. The molecule has 0 aromatic heterocycles. The number of hydrogen-bond acceptors (Lipinski definition) is 1. The maximum Gasteiger partial charge on any atom is 0.238 e. The van der Waals surface area contributed by atoms with Crippen LogP contribution in [0.5, 0.6) is 0 Å². The summed E-state index contributed by atoms with van der Waals surface area (Å²) in [6.45, 7) is 0. The molecule has 2 nitrogen and oxygen atoms in total. The fourth-order valence-electron chi connectivity index (χ4n) is 1.43. The highest BCUT2D eigenvalue weighted by atomic mass is 35.5. The minimum atomic E-state index is -0.451. The van der Waals surface area contributed by atoms with Crippen LogP contribution in [0.4, 0.5) is 0 Å². The van der Waals surface area contributed by atoms with Crippen LogP contribution < -0.4 is 5.32 Å². The lowest BCUT2D eigenvalue weighted by Crippen LogP contribution is -2.34. The van der Waals surface area contributed by atoms with E-state index in [9.17, 15) is 4.79 Å². The van der Waals surface area contributed by atoms with Gasteiger partial charge in [-0.05, 0) is 24.8 Å². The van der Waals surface area contributed by atoms with E-state index in [2.05, 4.69) is 5.32 Å². The molecule has 1 amide bonds. The molecule has 0 radical (unpaired) electrons. The van der Waals surface area contributed by atoms with Gasteiger partial charge in [-0.2, -0.15) is 0 Å². The number of carbonyl (C=O) groups is 1. The van der Waals surface area contributed by atoms with Crippen molar-refractivity contribution in [3.8, 4) is 0 Å². The smallest absolute Gasteiger partial charge is 0.238 e. The van der Waals surface area contributed by atoms with E-state index in [0.717, 1.165) is 18.4 Å². The maximum absolute atomic E-state index is 11.6. The summed E-state index contributed by atoms with van der Waals surface area (Å²) in [7, 11) is 0. The van der Waals surface area contributed by atoms with Gasteiger partial charge < -0.3 is 5.32 Å². The SMILES string of the molecule is O=C(NC1CC1)C(Cl)Cc1ccccc1. The van der Waals surface area contributed by atoms with Crippen molar-refractivity contribution in [1.29, 1.82) is 0 Å². The summed E-state index contributed by atoms with van der Waals surface area (Å²) in [4.78, 5) is 11.6. The summed E-state index contributed by atoms with van der Waals surface area (Å²) in [5, 5.41) is 2.45. The molecule has 1 fully saturated rings. The van der Waals surface area contributed by atoms with Gasteiger partial charge in [0.05, 0.1) is 0 Å². The van der Waals surface area contributed by atoms with Gasteiger partial charge in [0.2, 0.25) is 5.91 Å². The molecule has 0 saturated heterocycles. The van der Waals surface area contributed by atoms with Crippen LogP contribution in [0.2, 0.25) is 0 Å². The quantitative estimate of drug-likeness (QED) is 0.779. The summed E-state index contributed by atoms with van der Waals surface area (Å²) in [6, 6.07) is 10.2. The lowest BCUT2D eigenvalue weighted by atomic mass is 10.1. The number of alkyl halides is 1. The molecule has 2 rings (SSSR count). The third-order valence-corrected chi connectivity index (χ3v) is 2.82. The van der Waals surface area contributed by atoms with Gasteiger partial charge in [-0.25, -0.2) is 0 Å². The van der Waals surface area contributed by atoms with Crippen LogP contribution in [0, 0.1) is 0 Å². The number of carbonyl (C=O) groups excluding carboxylic acids is 1. The average molecular weight is 224 g/mol. The third-order valence-electron chi connectivity index (χ3n) is 2.47. The van der Waals surface area contributed by atoms with Gasteiger partial charge in [-0.15, -0.1) is 11.6 Å². The topological polar surface area (TPSA) is 29.1 Å². The minimum Gasteiger partial charge on any atom is -0.352 e. The Kier molecular flexibility index (Phi) is 3.27. The molecule has 3 heteroatoms. The van der Waals surface area contributed by atoms with Crippen LogP contribution in [0.25, 0.3) is 0 Å². The molecule has 1 saturated carbocycles. The van der Waals surface area contributed by atoms with E-state index in [1.165, 1.54) is 0 Å². The van der Waals surface area contributed by atoms with E-state index >= 15 is 0 Å². The fraction of sp³-hybridized carbons (Fsp3) is 0.417. The molecule has 0 heterocycles. The Morgan fingerprint density at radius 3 is 2.67 bits per heavy atom. The Morgan fingerprint density at radius 2 is 2.07 bits per heavy atom. The predicted molar refractivity (Wildman–Crippen MR) is 61.0 cm³/mol. The second kappa shape index (κ2) is 4.67. The van der Waals surface area contributed by atoms with E-state index in [0.29, 0.717) is 12.5 Å². The third kappa shape index (κ3) is 3.24. The fourth-order valence-corrected chi connectivity index (χ4v) is 1.67. The van der Waals surface area contributed by atoms with Gasteiger partial charge in [0, 0.05) is 6.04 Å². The Hall–Kier alpha value is -1.02. The zero-order valence-electron chi connectivity index (χ0n) is 8.45. The number of hydrogen-bond donors (Lipinski definition) is 1. The Bertz CT molecular complexity index is 335. The summed E-state index contributed by atoms with van der Waals surface area (Å²) in [5.41, 5.74) is 1.10. The molecule has 1 unspecified atom stereocenters. The van der Waals surface area contributed by atoms with Gasteiger partial charge in [0.25, 0.3) is 0 Å². The lowest BCUT2D eigenvalue weighted by Gasteiger charge is -2.09. The highest BCUT2D eigenvalue weighted by molar-refractivity contribution is 6.30. The monoisotopic (exact) mass is 223 g/mol. The van der Waals surface area contributed by atoms with Crippen molar-refractivity contribution < 1.29 is 4.79 Å². The van der Waals surface area contributed by atoms with E-state index in [1.807, 2.05) is 30.3 Å². The molecular formula is C12H14ClNO. The normalized spacial score (nSPS) is 17.1. The van der Waals surface area contributed by atoms with Crippen molar-refractivity contribution in [3.05, 3.63) is 35.9 Å². The first kappa shape index (κ1) is 10.5. The zero-order chi connectivity index (χ0) is 10.7. The van der Waals surface area contributed by atoms with Crippen LogP contribution >= 0.6 is 11.6 Å². The first-order chi connectivity index (χ1) is 7.25. The second-order valence-electron chi connectivity index (χ2n) is 3.94. The number of amides is 1. The van der Waals surface area contributed by atoms with Crippen molar-refractivity contribution in [2.75, 3.05) is 0 Å². The van der Waals surface area contributed by atoms with Gasteiger partial charge in [0.1, 0.15) is 5.38 Å². The minimum absolute atomic E-state index is 0.0389. The van der Waals surface area contributed by atoms with Crippen molar-refractivity contribution >= 4 is 17.5 Å². The van der Waals surface area contributed by atoms with Crippen LogP contribution in [0.1, 0.15) is 18.4 Å². The van der Waals surface area contributed by atoms with Gasteiger partial charge in [-0.1, -0.05) is 30.3 Å². The first-order valence-electron chi connectivity index (χ1n) is 5.24. The van der Waals surface area contributed by atoms with Crippen LogP contribution in [-0.4, -0.2) is 17.3 Å². The summed E-state index contributed by atoms with van der Waals surface area (Å²) >= 11 is 6.03. The number of benzene rings is 1. The van der Waals surface area contributed by atoms with Crippen molar-refractivity contribution in [3.63, 3.8) is 0 Å².